The lowest BCUT2D eigenvalue weighted by molar-refractivity contribution is -0.253. The summed E-state index contributed by atoms with van der Waals surface area (Å²) in [7, 11) is 0. The van der Waals surface area contributed by atoms with Crippen LogP contribution in [-0.2, 0) is 0 Å². The molecule has 0 N–H and O–H groups in total. The molecular weight excluding hydrogens is 413 g/mol. The van der Waals surface area contributed by atoms with Gasteiger partial charge in [0, 0.05) is 11.3 Å². The highest BCUT2D eigenvalue weighted by Gasteiger charge is 2.43. The molecule has 0 aliphatic carbocycles. The van der Waals surface area contributed by atoms with Gasteiger partial charge in [0.05, 0.1) is 6.04 Å². The zero-order chi connectivity index (χ0) is 22.0. The molecule has 0 amide bonds. The lowest BCUT2D eigenvalue weighted by Crippen LogP contribution is -2.33. The van der Waals surface area contributed by atoms with Crippen molar-refractivity contribution in [1.29, 1.82) is 0 Å². The Bertz CT molecular complexity index is 1080. The molecule has 0 bridgehead atoms. The molecule has 0 aromatic heterocycles. The highest BCUT2D eigenvalue weighted by molar-refractivity contribution is 6.02. The molecule has 1 atom stereocenters. The van der Waals surface area contributed by atoms with E-state index in [2.05, 4.69) is 9.73 Å². The van der Waals surface area contributed by atoms with Gasteiger partial charge in [-0.15, -0.1) is 0 Å². The van der Waals surface area contributed by atoms with E-state index in [0.29, 0.717) is 12.0 Å². The van der Waals surface area contributed by atoms with Crippen molar-refractivity contribution >= 4 is 5.71 Å². The minimum atomic E-state index is -4.54. The van der Waals surface area contributed by atoms with Crippen LogP contribution in [0.3, 0.4) is 0 Å². The Morgan fingerprint density at radius 3 is 2.10 bits per heavy atom. The fourth-order valence-corrected chi connectivity index (χ4v) is 3.55. The number of ether oxygens (including phenoxy) is 1. The summed E-state index contributed by atoms with van der Waals surface area (Å²) in [5.41, 5.74) is 3.82. The monoisotopic (exact) mass is 431 g/mol. The van der Waals surface area contributed by atoms with E-state index >= 15 is 0 Å². The maximum absolute atomic E-state index is 14.0. The van der Waals surface area contributed by atoms with Crippen LogP contribution in [-0.4, -0.2) is 18.2 Å². The van der Waals surface area contributed by atoms with Crippen molar-refractivity contribution in [3.63, 3.8) is 0 Å². The van der Waals surface area contributed by atoms with Crippen LogP contribution in [0.1, 0.15) is 30.0 Å². The smallest absolute Gasteiger partial charge is 0.428 e. The van der Waals surface area contributed by atoms with Gasteiger partial charge in [-0.3, -0.25) is 4.99 Å². The molecule has 0 spiro atoms. The summed E-state index contributed by atoms with van der Waals surface area (Å²) in [6, 6.07) is 19.6. The van der Waals surface area contributed by atoms with Crippen LogP contribution in [0.25, 0.3) is 11.1 Å². The summed E-state index contributed by atoms with van der Waals surface area (Å²) in [5.74, 6) is -0.623. The fourth-order valence-electron chi connectivity index (χ4n) is 3.55. The molecule has 1 unspecified atom stereocenters. The molecule has 3 aromatic rings. The van der Waals surface area contributed by atoms with Gasteiger partial charge < -0.3 is 4.74 Å². The molecule has 0 saturated carbocycles. The van der Waals surface area contributed by atoms with Gasteiger partial charge in [0.2, 0.25) is 0 Å². The highest BCUT2D eigenvalue weighted by Crippen LogP contribution is 2.33. The molecule has 7 heteroatoms. The third kappa shape index (κ3) is 4.60. The van der Waals surface area contributed by atoms with E-state index in [1.54, 1.807) is 18.2 Å². The zero-order valence-electron chi connectivity index (χ0n) is 16.2. The quantitative estimate of drug-likeness (QED) is 0.383. The standard InChI is InChI=1S/C24H18F5NO/c25-20-4-2-1-3-19(20)22-14-13-21(30-22)17-7-5-15(6-8-17)16-9-11-18(12-10-16)31-24(28,29)23(26)27/h1-12,21,23H,13-14H2. The number of hydrogen-bond acceptors (Lipinski definition) is 2. The SMILES string of the molecule is Fc1ccccc1C1=NC(c2ccc(-c3ccc(OC(F)(F)C(F)F)cc3)cc2)CC1. The second-order valence-corrected chi connectivity index (χ2v) is 7.22. The second-order valence-electron chi connectivity index (χ2n) is 7.22. The van der Waals surface area contributed by atoms with Crippen LogP contribution in [0, 0.1) is 5.82 Å². The molecule has 2 nitrogen and oxygen atoms in total. The van der Waals surface area contributed by atoms with Crippen molar-refractivity contribution in [1.82, 2.24) is 0 Å². The predicted octanol–water partition coefficient (Wildman–Crippen LogP) is 7.05. The summed E-state index contributed by atoms with van der Waals surface area (Å²) in [4.78, 5) is 4.68. The second kappa shape index (κ2) is 8.49. The van der Waals surface area contributed by atoms with E-state index in [4.69, 9.17) is 0 Å². The molecule has 31 heavy (non-hydrogen) atoms. The predicted molar refractivity (Wildman–Crippen MR) is 108 cm³/mol. The van der Waals surface area contributed by atoms with E-state index in [0.717, 1.165) is 28.8 Å². The Labute approximate surface area is 176 Å². The van der Waals surface area contributed by atoms with Gasteiger partial charge in [-0.05, 0) is 47.7 Å². The Morgan fingerprint density at radius 2 is 1.48 bits per heavy atom. The van der Waals surface area contributed by atoms with Gasteiger partial charge in [0.25, 0.3) is 0 Å². The molecule has 1 heterocycles. The van der Waals surface area contributed by atoms with E-state index in [9.17, 15) is 22.0 Å². The summed E-state index contributed by atoms with van der Waals surface area (Å²) >= 11 is 0. The number of aliphatic imine (C=N–C) groups is 1. The van der Waals surface area contributed by atoms with Crippen LogP contribution >= 0.6 is 0 Å². The first-order chi connectivity index (χ1) is 14.8. The van der Waals surface area contributed by atoms with Crippen LogP contribution in [0.2, 0.25) is 0 Å². The zero-order valence-corrected chi connectivity index (χ0v) is 16.2. The van der Waals surface area contributed by atoms with Gasteiger partial charge in [-0.1, -0.05) is 54.6 Å². The molecule has 1 aliphatic rings. The first-order valence-electron chi connectivity index (χ1n) is 9.70. The Kier molecular flexibility index (Phi) is 5.76. The lowest BCUT2D eigenvalue weighted by atomic mass is 9.99. The topological polar surface area (TPSA) is 21.6 Å². The third-order valence-electron chi connectivity index (χ3n) is 5.14. The van der Waals surface area contributed by atoms with E-state index in [1.165, 1.54) is 30.3 Å². The maximum atomic E-state index is 14.0. The fraction of sp³-hybridized carbons (Fsp3) is 0.208. The van der Waals surface area contributed by atoms with Gasteiger partial charge in [0.1, 0.15) is 11.6 Å². The summed E-state index contributed by atoms with van der Waals surface area (Å²) in [5, 5.41) is 0. The summed E-state index contributed by atoms with van der Waals surface area (Å²) in [6.45, 7) is 0. The molecule has 0 fully saturated rings. The van der Waals surface area contributed by atoms with Crippen LogP contribution in [0.4, 0.5) is 22.0 Å². The van der Waals surface area contributed by atoms with Crippen LogP contribution in [0.15, 0.2) is 77.8 Å². The minimum absolute atomic E-state index is 0.0592. The van der Waals surface area contributed by atoms with Gasteiger partial charge in [-0.25, -0.2) is 4.39 Å². The van der Waals surface area contributed by atoms with Crippen molar-refractivity contribution in [3.05, 3.63) is 89.7 Å². The van der Waals surface area contributed by atoms with Crippen molar-refractivity contribution in [2.24, 2.45) is 4.99 Å². The molecule has 4 rings (SSSR count). The summed E-state index contributed by atoms with van der Waals surface area (Å²) < 4.78 is 68.6. The number of alkyl halides is 4. The van der Waals surface area contributed by atoms with E-state index in [-0.39, 0.29) is 17.6 Å². The van der Waals surface area contributed by atoms with Gasteiger partial charge in [0.15, 0.2) is 0 Å². The molecule has 0 radical (unpaired) electrons. The normalized spacial score (nSPS) is 16.5. The molecule has 0 saturated heterocycles. The summed E-state index contributed by atoms with van der Waals surface area (Å²) in [6.07, 6.45) is -6.96. The average molecular weight is 431 g/mol. The van der Waals surface area contributed by atoms with Crippen LogP contribution < -0.4 is 4.74 Å². The van der Waals surface area contributed by atoms with Crippen LogP contribution in [0.5, 0.6) is 5.75 Å². The number of rotatable bonds is 6. The van der Waals surface area contributed by atoms with Gasteiger partial charge in [-0.2, -0.15) is 17.6 Å². The first kappa shape index (κ1) is 21.0. The highest BCUT2D eigenvalue weighted by atomic mass is 19.3. The van der Waals surface area contributed by atoms with Crippen molar-refractivity contribution in [3.8, 4) is 16.9 Å². The molecular formula is C24H18F5NO. The van der Waals surface area contributed by atoms with E-state index < -0.39 is 12.5 Å². The number of nitrogens with zero attached hydrogens (tertiary/aromatic N) is 1. The first-order valence-corrected chi connectivity index (χ1v) is 9.70. The Balaban J connectivity index is 1.47. The molecule has 1 aliphatic heterocycles. The molecule has 3 aromatic carbocycles. The minimum Gasteiger partial charge on any atom is -0.428 e. The lowest BCUT2D eigenvalue weighted by Gasteiger charge is -2.17. The number of benzene rings is 3. The Hall–Kier alpha value is -3.22. The third-order valence-corrected chi connectivity index (χ3v) is 5.14. The maximum Gasteiger partial charge on any atom is 0.461 e. The number of halogens is 5. The largest absolute Gasteiger partial charge is 0.461 e. The average Bonchev–Trinajstić information content (AvgIpc) is 3.24. The number of hydrogen-bond donors (Lipinski definition) is 0. The van der Waals surface area contributed by atoms with E-state index in [1.807, 2.05) is 24.3 Å². The van der Waals surface area contributed by atoms with Crippen molar-refractivity contribution in [2.75, 3.05) is 0 Å². The molecule has 160 valence electrons. The Morgan fingerprint density at radius 1 is 0.871 bits per heavy atom. The van der Waals surface area contributed by atoms with Gasteiger partial charge >= 0.3 is 12.5 Å². The van der Waals surface area contributed by atoms with Crippen molar-refractivity contribution < 1.29 is 26.7 Å². The van der Waals surface area contributed by atoms with Crippen molar-refractivity contribution in [2.45, 2.75) is 31.4 Å².